The third-order valence-electron chi connectivity index (χ3n) is 5.23. The second kappa shape index (κ2) is 9.78. The molecule has 0 atom stereocenters. The topological polar surface area (TPSA) is 82.2 Å². The number of urea groups is 1. The van der Waals surface area contributed by atoms with Gasteiger partial charge >= 0.3 is 6.03 Å². The van der Waals surface area contributed by atoms with Gasteiger partial charge in [-0.1, -0.05) is 32.9 Å². The van der Waals surface area contributed by atoms with Gasteiger partial charge in [-0.2, -0.15) is 0 Å². The average Bonchev–Trinajstić information content (AvgIpc) is 2.71. The van der Waals surface area contributed by atoms with Crippen molar-refractivity contribution in [3.63, 3.8) is 0 Å². The van der Waals surface area contributed by atoms with Crippen LogP contribution in [0.1, 0.15) is 51.4 Å². The van der Waals surface area contributed by atoms with E-state index in [1.54, 1.807) is 0 Å². The number of aromatic nitrogens is 2. The Morgan fingerprint density at radius 2 is 1.73 bits per heavy atom. The lowest BCUT2D eigenvalue weighted by Gasteiger charge is -2.28. The summed E-state index contributed by atoms with van der Waals surface area (Å²) in [6.45, 7) is 11.6. The molecule has 1 aromatic carbocycles. The van der Waals surface area contributed by atoms with Crippen LogP contribution in [0.3, 0.4) is 0 Å². The normalized spacial score (nSPS) is 14.3. The Balaban J connectivity index is 1.44. The Bertz CT molecular complexity index is 838. The smallest absolute Gasteiger partial charge is 0.319 e. The highest BCUT2D eigenvalue weighted by Crippen LogP contribution is 2.23. The van der Waals surface area contributed by atoms with Gasteiger partial charge in [0.2, 0.25) is 0 Å². The van der Waals surface area contributed by atoms with Crippen molar-refractivity contribution in [2.75, 3.05) is 41.7 Å². The second-order valence-electron chi connectivity index (χ2n) is 8.84. The summed E-state index contributed by atoms with van der Waals surface area (Å²) in [5, 5.41) is 9.03. The number of benzene rings is 1. The largest absolute Gasteiger partial charge is 0.368 e. The first-order valence-corrected chi connectivity index (χ1v) is 10.8. The summed E-state index contributed by atoms with van der Waals surface area (Å²) in [4.78, 5) is 23.5. The molecule has 3 N–H and O–H groups in total. The summed E-state index contributed by atoms with van der Waals surface area (Å²) in [5.74, 6) is 2.53. The molecule has 0 saturated carbocycles. The molecule has 1 saturated heterocycles. The lowest BCUT2D eigenvalue weighted by Crippen LogP contribution is -2.33. The van der Waals surface area contributed by atoms with Crippen LogP contribution in [0.2, 0.25) is 0 Å². The van der Waals surface area contributed by atoms with Crippen molar-refractivity contribution in [3.05, 3.63) is 41.7 Å². The predicted octanol–water partition coefficient (Wildman–Crippen LogP) is 4.31. The number of anilines is 3. The fraction of sp³-hybridized carbons (Fsp3) is 0.522. The van der Waals surface area contributed by atoms with Crippen LogP contribution in [-0.2, 0) is 5.41 Å². The molecule has 1 aliphatic rings. The zero-order valence-corrected chi connectivity index (χ0v) is 18.6. The molecule has 1 aromatic heterocycles. The maximum Gasteiger partial charge on any atom is 0.319 e. The van der Waals surface area contributed by atoms with Gasteiger partial charge in [-0.25, -0.2) is 14.8 Å². The molecule has 0 unspecified atom stereocenters. The molecular formula is C23H34N6O. The summed E-state index contributed by atoms with van der Waals surface area (Å²) < 4.78 is 0. The molecule has 0 aliphatic carbocycles. The van der Waals surface area contributed by atoms with Crippen molar-refractivity contribution < 1.29 is 4.79 Å². The van der Waals surface area contributed by atoms with E-state index in [0.717, 1.165) is 36.2 Å². The number of carbonyl (C=O) groups excluding carboxylic acids is 1. The molecular weight excluding hydrogens is 376 g/mol. The Morgan fingerprint density at radius 1 is 1.03 bits per heavy atom. The van der Waals surface area contributed by atoms with Crippen LogP contribution < -0.4 is 20.9 Å². The minimum atomic E-state index is -0.215. The lowest BCUT2D eigenvalue weighted by molar-refractivity contribution is 0.252. The molecule has 2 amide bonds. The fourth-order valence-corrected chi connectivity index (χ4v) is 3.52. The van der Waals surface area contributed by atoms with E-state index in [0.29, 0.717) is 13.1 Å². The first-order chi connectivity index (χ1) is 14.3. The van der Waals surface area contributed by atoms with Crippen LogP contribution in [0.25, 0.3) is 0 Å². The summed E-state index contributed by atoms with van der Waals surface area (Å²) >= 11 is 0. The maximum atomic E-state index is 12.1. The summed E-state index contributed by atoms with van der Waals surface area (Å²) in [6.07, 6.45) is 3.72. The molecule has 0 radical (unpaired) electrons. The second-order valence-corrected chi connectivity index (χ2v) is 8.84. The van der Waals surface area contributed by atoms with Gasteiger partial charge in [-0.3, -0.25) is 0 Å². The van der Waals surface area contributed by atoms with Gasteiger partial charge in [0.25, 0.3) is 0 Å². The molecule has 1 aliphatic heterocycles. The minimum Gasteiger partial charge on any atom is -0.368 e. The quantitative estimate of drug-likeness (QED) is 0.618. The molecule has 7 nitrogen and oxygen atoms in total. The minimum absolute atomic E-state index is 0.0969. The number of hydrogen-bond acceptors (Lipinski definition) is 5. The van der Waals surface area contributed by atoms with Crippen LogP contribution in [0.5, 0.6) is 0 Å². The third kappa shape index (κ3) is 6.34. The average molecular weight is 411 g/mol. The highest BCUT2D eigenvalue weighted by molar-refractivity contribution is 5.89. The Hall–Kier alpha value is -2.83. The van der Waals surface area contributed by atoms with Gasteiger partial charge in [0.1, 0.15) is 17.5 Å². The molecule has 2 aromatic rings. The van der Waals surface area contributed by atoms with Crippen LogP contribution in [-0.4, -0.2) is 42.2 Å². The van der Waals surface area contributed by atoms with E-state index in [1.165, 1.54) is 24.8 Å². The van der Waals surface area contributed by atoms with Crippen molar-refractivity contribution >= 4 is 23.4 Å². The predicted molar refractivity (Wildman–Crippen MR) is 123 cm³/mol. The Morgan fingerprint density at radius 3 is 2.40 bits per heavy atom. The van der Waals surface area contributed by atoms with Crippen LogP contribution in [0, 0.1) is 6.92 Å². The molecule has 162 valence electrons. The number of rotatable bonds is 6. The van der Waals surface area contributed by atoms with Crippen LogP contribution in [0.15, 0.2) is 30.3 Å². The number of hydrogen-bond donors (Lipinski definition) is 3. The zero-order chi connectivity index (χ0) is 21.6. The number of nitrogens with one attached hydrogen (secondary N) is 3. The SMILES string of the molecule is Cc1nc(NCCNC(=O)Nc2ccc(C(C)(C)C)cc2)cc(N2CCCCC2)n1. The molecule has 1 fully saturated rings. The summed E-state index contributed by atoms with van der Waals surface area (Å²) in [6, 6.07) is 9.75. The van der Waals surface area contributed by atoms with Gasteiger partial charge in [0.05, 0.1) is 0 Å². The number of nitrogens with zero attached hydrogens (tertiary/aromatic N) is 3. The first-order valence-electron chi connectivity index (χ1n) is 10.8. The molecule has 7 heteroatoms. The first kappa shape index (κ1) is 21.9. The zero-order valence-electron chi connectivity index (χ0n) is 18.6. The van der Waals surface area contributed by atoms with E-state index >= 15 is 0 Å². The van der Waals surface area contributed by atoms with Crippen molar-refractivity contribution in [1.82, 2.24) is 15.3 Å². The maximum absolute atomic E-state index is 12.1. The number of aryl methyl sites for hydroxylation is 1. The number of piperidine rings is 1. The molecule has 30 heavy (non-hydrogen) atoms. The van der Waals surface area contributed by atoms with E-state index in [1.807, 2.05) is 25.1 Å². The van der Waals surface area contributed by atoms with Crippen molar-refractivity contribution in [1.29, 1.82) is 0 Å². The van der Waals surface area contributed by atoms with Gasteiger partial charge in [0.15, 0.2) is 0 Å². The van der Waals surface area contributed by atoms with Crippen molar-refractivity contribution in [3.8, 4) is 0 Å². The highest BCUT2D eigenvalue weighted by Gasteiger charge is 2.14. The molecule has 3 rings (SSSR count). The third-order valence-corrected chi connectivity index (χ3v) is 5.23. The van der Waals surface area contributed by atoms with Crippen LogP contribution in [0.4, 0.5) is 22.1 Å². The Labute approximate surface area is 179 Å². The van der Waals surface area contributed by atoms with E-state index in [9.17, 15) is 4.79 Å². The van der Waals surface area contributed by atoms with Crippen molar-refractivity contribution in [2.45, 2.75) is 52.4 Å². The summed E-state index contributed by atoms with van der Waals surface area (Å²) in [5.41, 5.74) is 2.12. The molecule has 2 heterocycles. The highest BCUT2D eigenvalue weighted by atomic mass is 16.2. The van der Waals surface area contributed by atoms with E-state index in [-0.39, 0.29) is 11.4 Å². The van der Waals surface area contributed by atoms with E-state index in [2.05, 4.69) is 63.7 Å². The van der Waals surface area contributed by atoms with Gasteiger partial charge in [-0.15, -0.1) is 0 Å². The van der Waals surface area contributed by atoms with Gasteiger partial charge < -0.3 is 20.9 Å². The molecule has 0 spiro atoms. The van der Waals surface area contributed by atoms with Crippen LogP contribution >= 0.6 is 0 Å². The number of carbonyl (C=O) groups is 1. The van der Waals surface area contributed by atoms with Gasteiger partial charge in [0, 0.05) is 37.9 Å². The number of amides is 2. The monoisotopic (exact) mass is 410 g/mol. The summed E-state index contributed by atoms with van der Waals surface area (Å²) in [7, 11) is 0. The van der Waals surface area contributed by atoms with Gasteiger partial charge in [-0.05, 0) is 49.3 Å². The van der Waals surface area contributed by atoms with E-state index < -0.39 is 0 Å². The van der Waals surface area contributed by atoms with E-state index in [4.69, 9.17) is 0 Å². The fourth-order valence-electron chi connectivity index (χ4n) is 3.52. The Kier molecular flexibility index (Phi) is 7.13. The standard InChI is InChI=1S/C23H34N6O/c1-17-26-20(16-21(27-17)29-14-6-5-7-15-29)24-12-13-25-22(30)28-19-10-8-18(9-11-19)23(2,3)4/h8-11,16H,5-7,12-15H2,1-4H3,(H,24,26,27)(H2,25,28,30). The van der Waals surface area contributed by atoms with Crippen molar-refractivity contribution in [2.24, 2.45) is 0 Å². The molecule has 0 bridgehead atoms. The lowest BCUT2D eigenvalue weighted by atomic mass is 9.87.